The van der Waals surface area contributed by atoms with Gasteiger partial charge in [-0.05, 0) is 19.1 Å². The molecule has 8 nitrogen and oxygen atoms in total. The molecular formula is C14H18N2O6. The van der Waals surface area contributed by atoms with Crippen molar-refractivity contribution in [2.45, 2.75) is 31.5 Å². The Morgan fingerprint density at radius 1 is 1.50 bits per heavy atom. The molecule has 2 amide bonds. The number of carbonyl (C=O) groups is 3. The predicted octanol–water partition coefficient (Wildman–Crippen LogP) is 0.0984. The van der Waals surface area contributed by atoms with Crippen LogP contribution in [0.4, 0.5) is 0 Å². The van der Waals surface area contributed by atoms with Gasteiger partial charge in [0.05, 0.1) is 12.4 Å². The fraction of sp³-hybridized carbons (Fsp3) is 0.500. The molecular weight excluding hydrogens is 292 g/mol. The normalized spacial score (nSPS) is 22.4. The molecule has 2 rings (SSSR count). The third-order valence-electron chi connectivity index (χ3n) is 3.63. The molecule has 120 valence electrons. The smallest absolute Gasteiger partial charge is 0.326 e. The number of hydrogen-bond acceptors (Lipinski definition) is 5. The van der Waals surface area contributed by atoms with Gasteiger partial charge in [-0.2, -0.15) is 0 Å². The van der Waals surface area contributed by atoms with Gasteiger partial charge < -0.3 is 24.5 Å². The van der Waals surface area contributed by atoms with E-state index in [1.807, 2.05) is 0 Å². The summed E-state index contributed by atoms with van der Waals surface area (Å²) in [6.07, 6.45) is 1.26. The van der Waals surface area contributed by atoms with Gasteiger partial charge in [0.15, 0.2) is 5.76 Å². The van der Waals surface area contributed by atoms with Gasteiger partial charge in [-0.15, -0.1) is 0 Å². The number of aliphatic carboxylic acids is 1. The lowest BCUT2D eigenvalue weighted by atomic mass is 10.2. The van der Waals surface area contributed by atoms with Crippen molar-refractivity contribution in [3.63, 3.8) is 0 Å². The lowest BCUT2D eigenvalue weighted by Gasteiger charge is -2.25. The van der Waals surface area contributed by atoms with Crippen LogP contribution >= 0.6 is 0 Å². The summed E-state index contributed by atoms with van der Waals surface area (Å²) in [4.78, 5) is 36.7. The fourth-order valence-electron chi connectivity index (χ4n) is 2.43. The number of hydrogen-bond donors (Lipinski definition) is 2. The Kier molecular flexibility index (Phi) is 4.81. The molecule has 0 spiro atoms. The molecule has 0 radical (unpaired) electrons. The van der Waals surface area contributed by atoms with Crippen LogP contribution in [-0.2, 0) is 14.3 Å². The van der Waals surface area contributed by atoms with Crippen LogP contribution in [0.2, 0.25) is 0 Å². The molecule has 2 heterocycles. The number of nitrogens with one attached hydrogen (secondary N) is 1. The minimum Gasteiger partial charge on any atom is -0.480 e. The Morgan fingerprint density at radius 3 is 2.77 bits per heavy atom. The lowest BCUT2D eigenvalue weighted by Crippen LogP contribution is -2.50. The van der Waals surface area contributed by atoms with Gasteiger partial charge in [-0.25, -0.2) is 4.79 Å². The van der Waals surface area contributed by atoms with Crippen LogP contribution in [0, 0.1) is 0 Å². The maximum Gasteiger partial charge on any atom is 0.326 e. The van der Waals surface area contributed by atoms with Crippen LogP contribution in [0.25, 0.3) is 0 Å². The Hall–Kier alpha value is -2.35. The second-order valence-electron chi connectivity index (χ2n) is 5.11. The third-order valence-corrected chi connectivity index (χ3v) is 3.63. The second-order valence-corrected chi connectivity index (χ2v) is 5.11. The number of likely N-dealkylation sites (tertiary alicyclic amines) is 1. The summed E-state index contributed by atoms with van der Waals surface area (Å²) < 4.78 is 10.1. The zero-order valence-corrected chi connectivity index (χ0v) is 12.3. The Bertz CT molecular complexity index is 556. The van der Waals surface area contributed by atoms with Crippen molar-refractivity contribution in [1.29, 1.82) is 0 Å². The van der Waals surface area contributed by atoms with Crippen molar-refractivity contribution in [1.82, 2.24) is 10.2 Å². The van der Waals surface area contributed by atoms with Gasteiger partial charge in [0.2, 0.25) is 5.91 Å². The van der Waals surface area contributed by atoms with E-state index < -0.39 is 29.9 Å². The van der Waals surface area contributed by atoms with Crippen molar-refractivity contribution in [2.75, 3.05) is 13.7 Å². The maximum absolute atomic E-state index is 12.4. The quantitative estimate of drug-likeness (QED) is 0.798. The predicted molar refractivity (Wildman–Crippen MR) is 74.2 cm³/mol. The van der Waals surface area contributed by atoms with Crippen LogP contribution in [0.1, 0.15) is 23.9 Å². The molecule has 3 atom stereocenters. The van der Waals surface area contributed by atoms with Crippen LogP contribution in [0.3, 0.4) is 0 Å². The summed E-state index contributed by atoms with van der Waals surface area (Å²) in [7, 11) is 1.47. The van der Waals surface area contributed by atoms with Gasteiger partial charge in [0.1, 0.15) is 12.1 Å². The number of methoxy groups -OCH3 is 1. The third kappa shape index (κ3) is 3.28. The molecule has 3 unspecified atom stereocenters. The number of carboxylic acid groups (broad SMARTS) is 1. The average molecular weight is 310 g/mol. The molecule has 8 heteroatoms. The van der Waals surface area contributed by atoms with E-state index in [0.717, 1.165) is 0 Å². The van der Waals surface area contributed by atoms with Gasteiger partial charge >= 0.3 is 5.97 Å². The van der Waals surface area contributed by atoms with E-state index in [9.17, 15) is 19.5 Å². The van der Waals surface area contributed by atoms with Crippen LogP contribution in [0.15, 0.2) is 22.8 Å². The monoisotopic (exact) mass is 310 g/mol. The Balaban J connectivity index is 2.03. The van der Waals surface area contributed by atoms with Crippen molar-refractivity contribution in [3.8, 4) is 0 Å². The minimum absolute atomic E-state index is 0.0885. The van der Waals surface area contributed by atoms with E-state index in [1.165, 1.54) is 31.3 Å². The number of carboxylic acids is 1. The van der Waals surface area contributed by atoms with Crippen molar-refractivity contribution in [2.24, 2.45) is 0 Å². The number of rotatable bonds is 5. The fourth-order valence-corrected chi connectivity index (χ4v) is 2.43. The topological polar surface area (TPSA) is 109 Å². The number of furan rings is 1. The summed E-state index contributed by atoms with van der Waals surface area (Å²) in [6, 6.07) is 1.23. The Morgan fingerprint density at radius 2 is 2.23 bits per heavy atom. The van der Waals surface area contributed by atoms with Crippen LogP contribution < -0.4 is 5.32 Å². The van der Waals surface area contributed by atoms with Gasteiger partial charge in [0.25, 0.3) is 5.91 Å². The molecule has 0 aliphatic carbocycles. The molecule has 1 aromatic heterocycles. The summed E-state index contributed by atoms with van der Waals surface area (Å²) in [6.45, 7) is 1.69. The van der Waals surface area contributed by atoms with E-state index in [2.05, 4.69) is 5.32 Å². The number of ether oxygens (including phenoxy) is 1. The van der Waals surface area contributed by atoms with Crippen molar-refractivity contribution < 1.29 is 28.6 Å². The highest BCUT2D eigenvalue weighted by Gasteiger charge is 2.41. The molecule has 1 saturated heterocycles. The largest absolute Gasteiger partial charge is 0.480 e. The first kappa shape index (κ1) is 16.0. The first-order valence-corrected chi connectivity index (χ1v) is 6.84. The molecule has 0 saturated carbocycles. The van der Waals surface area contributed by atoms with E-state index >= 15 is 0 Å². The van der Waals surface area contributed by atoms with E-state index in [0.29, 0.717) is 0 Å². The van der Waals surface area contributed by atoms with Crippen LogP contribution in [-0.4, -0.2) is 59.6 Å². The summed E-state index contributed by atoms with van der Waals surface area (Å²) in [5.41, 5.74) is 0. The number of carbonyl (C=O) groups excluding carboxylic acids is 2. The molecule has 1 aliphatic rings. The van der Waals surface area contributed by atoms with Gasteiger partial charge in [-0.1, -0.05) is 0 Å². The van der Waals surface area contributed by atoms with E-state index in [1.54, 1.807) is 6.07 Å². The lowest BCUT2D eigenvalue weighted by molar-refractivity contribution is -0.148. The zero-order valence-electron chi connectivity index (χ0n) is 12.3. The van der Waals surface area contributed by atoms with Crippen LogP contribution in [0.5, 0.6) is 0 Å². The molecule has 0 aromatic carbocycles. The highest BCUT2D eigenvalue weighted by atomic mass is 16.5. The molecule has 1 aliphatic heterocycles. The number of nitrogens with zero attached hydrogens (tertiary/aromatic N) is 1. The van der Waals surface area contributed by atoms with E-state index in [4.69, 9.17) is 9.15 Å². The number of amides is 2. The molecule has 1 fully saturated rings. The summed E-state index contributed by atoms with van der Waals surface area (Å²) in [5.74, 6) is -1.99. The average Bonchev–Trinajstić information content (AvgIpc) is 3.15. The second kappa shape index (κ2) is 6.61. The SMILES string of the molecule is COC1CC(C(=O)O)N(C(=O)C(C)NC(=O)c2ccco2)C1. The van der Waals surface area contributed by atoms with E-state index in [-0.39, 0.29) is 24.8 Å². The maximum atomic E-state index is 12.4. The minimum atomic E-state index is -1.09. The molecule has 22 heavy (non-hydrogen) atoms. The summed E-state index contributed by atoms with van der Waals surface area (Å²) in [5, 5.41) is 11.7. The first-order chi connectivity index (χ1) is 10.4. The highest BCUT2D eigenvalue weighted by Crippen LogP contribution is 2.21. The van der Waals surface area contributed by atoms with Crippen molar-refractivity contribution in [3.05, 3.63) is 24.2 Å². The first-order valence-electron chi connectivity index (χ1n) is 6.84. The highest BCUT2D eigenvalue weighted by molar-refractivity contribution is 5.96. The standard InChI is InChI=1S/C14H18N2O6/c1-8(15-12(17)11-4-3-5-22-11)13(18)16-7-9(21-2)6-10(16)14(19)20/h3-5,8-10H,6-7H2,1-2H3,(H,15,17)(H,19,20). The summed E-state index contributed by atoms with van der Waals surface area (Å²) >= 11 is 0. The molecule has 2 N–H and O–H groups in total. The van der Waals surface area contributed by atoms with Gasteiger partial charge in [-0.3, -0.25) is 9.59 Å². The Labute approximate surface area is 127 Å². The zero-order chi connectivity index (χ0) is 16.3. The van der Waals surface area contributed by atoms with Gasteiger partial charge in [0, 0.05) is 20.1 Å². The molecule has 1 aromatic rings. The molecule has 0 bridgehead atoms. The van der Waals surface area contributed by atoms with Crippen molar-refractivity contribution >= 4 is 17.8 Å².